The van der Waals surface area contributed by atoms with Crippen molar-refractivity contribution >= 4 is 0 Å². The van der Waals surface area contributed by atoms with Gasteiger partial charge in [0.2, 0.25) is 0 Å². The van der Waals surface area contributed by atoms with Crippen LogP contribution in [0.4, 0.5) is 0 Å². The predicted octanol–water partition coefficient (Wildman–Crippen LogP) is 1.43. The summed E-state index contributed by atoms with van der Waals surface area (Å²) < 4.78 is 4.71. The van der Waals surface area contributed by atoms with E-state index >= 15 is 0 Å². The highest BCUT2D eigenvalue weighted by molar-refractivity contribution is 4.92. The highest BCUT2D eigenvalue weighted by Crippen LogP contribution is 1.93. The van der Waals surface area contributed by atoms with E-state index in [1.54, 1.807) is 12.5 Å². The molecule has 0 atom stereocenters. The van der Waals surface area contributed by atoms with Gasteiger partial charge in [0.15, 0.2) is 0 Å². The highest BCUT2D eigenvalue weighted by atomic mass is 16.5. The molecule has 1 aliphatic rings. The van der Waals surface area contributed by atoms with E-state index in [2.05, 4.69) is 0 Å². The molecule has 0 N–H and O–H groups in total. The minimum atomic E-state index is 1.01. The minimum Gasteiger partial charge on any atom is -0.473 e. The molecule has 0 spiro atoms. The topological polar surface area (TPSA) is 9.23 Å². The maximum absolute atomic E-state index is 4.71. The van der Waals surface area contributed by atoms with Gasteiger partial charge in [-0.05, 0) is 18.6 Å². The molecule has 0 amide bonds. The molecule has 0 aromatic carbocycles. The fourth-order valence-corrected chi connectivity index (χ4v) is 0.346. The van der Waals surface area contributed by atoms with Crippen LogP contribution in [0.15, 0.2) is 24.7 Å². The molecule has 32 valence electrons. The Morgan fingerprint density at radius 3 is 2.00 bits per heavy atom. The van der Waals surface area contributed by atoms with Crippen LogP contribution in [0.3, 0.4) is 0 Å². The van der Waals surface area contributed by atoms with E-state index in [0.717, 1.165) is 6.42 Å². The average molecular weight is 82.1 g/mol. The quantitative estimate of drug-likeness (QED) is 0.429. The summed E-state index contributed by atoms with van der Waals surface area (Å²) in [5.74, 6) is 0. The third-order valence-corrected chi connectivity index (χ3v) is 0.622. The third kappa shape index (κ3) is 0.612. The number of hydrogen-bond acceptors (Lipinski definition) is 1. The summed E-state index contributed by atoms with van der Waals surface area (Å²) in [7, 11) is 0. The first-order valence-corrected chi connectivity index (χ1v) is 1.95. The zero-order valence-corrected chi connectivity index (χ0v) is 3.42. The lowest BCUT2D eigenvalue weighted by atomic mass is 10.4. The van der Waals surface area contributed by atoms with E-state index in [1.807, 2.05) is 12.2 Å². The van der Waals surface area contributed by atoms with Gasteiger partial charge in [-0.2, -0.15) is 0 Å². The van der Waals surface area contributed by atoms with Crippen LogP contribution in [0.1, 0.15) is 6.42 Å². The van der Waals surface area contributed by atoms with Gasteiger partial charge in [-0.15, -0.1) is 0 Å². The molecule has 0 aromatic rings. The molecule has 0 radical (unpaired) electrons. The monoisotopic (exact) mass is 82.0 g/mol. The van der Waals surface area contributed by atoms with Gasteiger partial charge in [0.25, 0.3) is 0 Å². The van der Waals surface area contributed by atoms with Crippen molar-refractivity contribution in [1.82, 2.24) is 0 Å². The van der Waals surface area contributed by atoms with Gasteiger partial charge in [0.1, 0.15) is 0 Å². The van der Waals surface area contributed by atoms with E-state index in [1.165, 1.54) is 0 Å². The first-order valence-electron chi connectivity index (χ1n) is 1.95. The lowest BCUT2D eigenvalue weighted by Gasteiger charge is -1.91. The fourth-order valence-electron chi connectivity index (χ4n) is 0.346. The Morgan fingerprint density at radius 1 is 1.17 bits per heavy atom. The average Bonchev–Trinajstić information content (AvgIpc) is 1.72. The normalized spacial score (nSPS) is 17.3. The predicted molar refractivity (Wildman–Crippen MR) is 24.0 cm³/mol. The summed E-state index contributed by atoms with van der Waals surface area (Å²) in [6, 6.07) is 0. The zero-order chi connectivity index (χ0) is 4.24. The van der Waals surface area contributed by atoms with Crippen molar-refractivity contribution in [2.24, 2.45) is 0 Å². The molecular formula is C5H6O. The largest absolute Gasteiger partial charge is 0.473 e. The number of ether oxygens (including phenoxy) is 1. The molecular weight excluding hydrogens is 76.1 g/mol. The van der Waals surface area contributed by atoms with Gasteiger partial charge >= 0.3 is 0 Å². The molecule has 6 heavy (non-hydrogen) atoms. The Balaban J connectivity index is 2.40. The van der Waals surface area contributed by atoms with Crippen molar-refractivity contribution in [1.29, 1.82) is 0 Å². The maximum Gasteiger partial charge on any atom is 0.0864 e. The molecule has 1 aliphatic heterocycles. The van der Waals surface area contributed by atoms with Gasteiger partial charge < -0.3 is 4.74 Å². The molecule has 0 bridgehead atoms. The summed E-state index contributed by atoms with van der Waals surface area (Å²) in [4.78, 5) is 0. The van der Waals surface area contributed by atoms with Gasteiger partial charge in [-0.25, -0.2) is 0 Å². The van der Waals surface area contributed by atoms with Crippen molar-refractivity contribution in [2.75, 3.05) is 0 Å². The van der Waals surface area contributed by atoms with Crippen LogP contribution in [0.25, 0.3) is 0 Å². The van der Waals surface area contributed by atoms with E-state index in [0.29, 0.717) is 0 Å². The van der Waals surface area contributed by atoms with Crippen LogP contribution in [-0.4, -0.2) is 0 Å². The number of allylic oxidation sites excluding steroid dienone is 2. The van der Waals surface area contributed by atoms with E-state index in [9.17, 15) is 0 Å². The summed E-state index contributed by atoms with van der Waals surface area (Å²) in [6.07, 6.45) is 8.29. The molecule has 0 saturated carbocycles. The lowest BCUT2D eigenvalue weighted by Crippen LogP contribution is -1.71. The second kappa shape index (κ2) is 1.65. The molecule has 1 rings (SSSR count). The van der Waals surface area contributed by atoms with Crippen molar-refractivity contribution in [3.8, 4) is 0 Å². The van der Waals surface area contributed by atoms with Crippen LogP contribution in [0.2, 0.25) is 0 Å². The molecule has 0 fully saturated rings. The lowest BCUT2D eigenvalue weighted by molar-refractivity contribution is 0.393. The minimum absolute atomic E-state index is 1.01. The Hall–Kier alpha value is -0.720. The van der Waals surface area contributed by atoms with Crippen molar-refractivity contribution in [3.05, 3.63) is 24.7 Å². The van der Waals surface area contributed by atoms with Gasteiger partial charge in [-0.3, -0.25) is 0 Å². The standard InChI is InChI=1S/C5H6O/c1-2-4-6-5-3-1/h2-5H,1H2. The number of rotatable bonds is 0. The summed E-state index contributed by atoms with van der Waals surface area (Å²) in [5.41, 5.74) is 0. The maximum atomic E-state index is 4.71. The Kier molecular flexibility index (Phi) is 0.955. The zero-order valence-electron chi connectivity index (χ0n) is 3.42. The third-order valence-electron chi connectivity index (χ3n) is 0.622. The smallest absolute Gasteiger partial charge is 0.0864 e. The molecule has 0 unspecified atom stereocenters. The first kappa shape index (κ1) is 3.47. The van der Waals surface area contributed by atoms with Crippen LogP contribution in [-0.2, 0) is 4.74 Å². The van der Waals surface area contributed by atoms with Crippen molar-refractivity contribution in [3.63, 3.8) is 0 Å². The molecule has 1 heterocycles. The van der Waals surface area contributed by atoms with Crippen LogP contribution in [0.5, 0.6) is 0 Å². The summed E-state index contributed by atoms with van der Waals surface area (Å²) in [6.45, 7) is 0. The fraction of sp³-hybridized carbons (Fsp3) is 0.200. The summed E-state index contributed by atoms with van der Waals surface area (Å²) >= 11 is 0. The van der Waals surface area contributed by atoms with Crippen LogP contribution < -0.4 is 0 Å². The Labute approximate surface area is 36.9 Å². The second-order valence-electron chi connectivity index (χ2n) is 1.12. The van der Waals surface area contributed by atoms with E-state index < -0.39 is 0 Å². The van der Waals surface area contributed by atoms with Crippen molar-refractivity contribution in [2.45, 2.75) is 6.42 Å². The molecule has 1 nitrogen and oxygen atoms in total. The Morgan fingerprint density at radius 2 is 1.83 bits per heavy atom. The van der Waals surface area contributed by atoms with Gasteiger partial charge in [0, 0.05) is 0 Å². The molecule has 0 saturated heterocycles. The highest BCUT2D eigenvalue weighted by Gasteiger charge is 1.75. The number of hydrogen-bond donors (Lipinski definition) is 0. The molecule has 1 heteroatoms. The molecule has 0 aromatic heterocycles. The van der Waals surface area contributed by atoms with E-state index in [-0.39, 0.29) is 0 Å². The SMILES string of the molecule is C1=COC=CC1. The molecule has 0 aliphatic carbocycles. The summed E-state index contributed by atoms with van der Waals surface area (Å²) in [5, 5.41) is 0. The van der Waals surface area contributed by atoms with Crippen LogP contribution in [0, 0.1) is 0 Å². The first-order chi connectivity index (χ1) is 3.00. The van der Waals surface area contributed by atoms with Gasteiger partial charge in [-0.1, -0.05) is 0 Å². The Bertz CT molecular complexity index is 61.9. The van der Waals surface area contributed by atoms with Gasteiger partial charge in [0.05, 0.1) is 12.5 Å². The van der Waals surface area contributed by atoms with Crippen LogP contribution >= 0.6 is 0 Å². The second-order valence-corrected chi connectivity index (χ2v) is 1.12. The van der Waals surface area contributed by atoms with Crippen molar-refractivity contribution < 1.29 is 4.74 Å². The van der Waals surface area contributed by atoms with E-state index in [4.69, 9.17) is 4.74 Å².